The van der Waals surface area contributed by atoms with Crippen LogP contribution in [-0.4, -0.2) is 24.7 Å². The molecule has 0 saturated carbocycles. The number of anilines is 2. The molecule has 4 nitrogen and oxygen atoms in total. The molecular formula is C14H16N2O2S. The predicted molar refractivity (Wildman–Crippen MR) is 79.1 cm³/mol. The Morgan fingerprint density at radius 3 is 2.84 bits per heavy atom. The highest BCUT2D eigenvalue weighted by atomic mass is 32.1. The molecular weight excluding hydrogens is 260 g/mol. The quantitative estimate of drug-likeness (QED) is 0.824. The number of aromatic carboxylic acids is 1. The molecule has 0 bridgehead atoms. The number of hydrogen-bond donors (Lipinski definition) is 2. The number of nitrogens with two attached hydrogens (primary N) is 1. The van der Waals surface area contributed by atoms with Gasteiger partial charge in [-0.25, -0.2) is 4.79 Å². The number of carbonyl (C=O) groups is 1. The van der Waals surface area contributed by atoms with E-state index >= 15 is 0 Å². The maximum atomic E-state index is 11.0. The van der Waals surface area contributed by atoms with E-state index in [0.717, 1.165) is 18.7 Å². The Bertz CT molecular complexity index is 567. The van der Waals surface area contributed by atoms with Crippen LogP contribution in [-0.2, 0) is 6.42 Å². The van der Waals surface area contributed by atoms with Crippen LogP contribution in [0.2, 0.25) is 0 Å². The van der Waals surface area contributed by atoms with Gasteiger partial charge in [-0.1, -0.05) is 6.07 Å². The van der Waals surface area contributed by atoms with Gasteiger partial charge in [0.1, 0.15) is 0 Å². The molecule has 0 aliphatic heterocycles. The fourth-order valence-electron chi connectivity index (χ4n) is 1.83. The lowest BCUT2D eigenvalue weighted by Gasteiger charge is -2.19. The molecule has 2 rings (SSSR count). The van der Waals surface area contributed by atoms with Crippen molar-refractivity contribution in [3.05, 3.63) is 46.2 Å². The number of carboxylic acids is 1. The summed E-state index contributed by atoms with van der Waals surface area (Å²) < 4.78 is 0. The first kappa shape index (κ1) is 13.4. The van der Waals surface area contributed by atoms with Crippen molar-refractivity contribution in [2.75, 3.05) is 24.2 Å². The monoisotopic (exact) mass is 276 g/mol. The lowest BCUT2D eigenvalue weighted by Crippen LogP contribution is -2.20. The molecule has 1 aromatic heterocycles. The Kier molecular flexibility index (Phi) is 4.06. The third-order valence-electron chi connectivity index (χ3n) is 2.98. The molecule has 0 atom stereocenters. The first-order valence-electron chi connectivity index (χ1n) is 5.94. The molecule has 0 spiro atoms. The van der Waals surface area contributed by atoms with Crippen molar-refractivity contribution in [1.82, 2.24) is 0 Å². The van der Waals surface area contributed by atoms with E-state index in [1.165, 1.54) is 4.88 Å². The van der Waals surface area contributed by atoms with Gasteiger partial charge in [0.05, 0.1) is 5.56 Å². The minimum atomic E-state index is -0.994. The van der Waals surface area contributed by atoms with E-state index in [-0.39, 0.29) is 5.56 Å². The summed E-state index contributed by atoms with van der Waals surface area (Å²) in [6.45, 7) is 0.837. The van der Waals surface area contributed by atoms with E-state index in [9.17, 15) is 4.79 Å². The molecule has 0 amide bonds. The molecule has 1 aromatic carbocycles. The Morgan fingerprint density at radius 2 is 2.21 bits per heavy atom. The highest BCUT2D eigenvalue weighted by Crippen LogP contribution is 2.21. The van der Waals surface area contributed by atoms with Crippen molar-refractivity contribution in [3.63, 3.8) is 0 Å². The molecule has 0 aliphatic rings. The standard InChI is InChI=1S/C14H16N2O2S/c1-16(7-6-11-3-2-8-19-11)10-4-5-13(15)12(9-10)14(17)18/h2-5,8-9H,6-7,15H2,1H3,(H,17,18). The number of nitrogens with zero attached hydrogens (tertiary/aromatic N) is 1. The fourth-order valence-corrected chi connectivity index (χ4v) is 2.53. The van der Waals surface area contributed by atoms with Gasteiger partial charge < -0.3 is 15.7 Å². The molecule has 2 aromatic rings. The van der Waals surface area contributed by atoms with E-state index in [4.69, 9.17) is 10.8 Å². The summed E-state index contributed by atoms with van der Waals surface area (Å²) in [4.78, 5) is 14.4. The zero-order valence-electron chi connectivity index (χ0n) is 10.7. The molecule has 5 heteroatoms. The van der Waals surface area contributed by atoms with Crippen molar-refractivity contribution >= 4 is 28.7 Å². The van der Waals surface area contributed by atoms with E-state index < -0.39 is 5.97 Å². The summed E-state index contributed by atoms with van der Waals surface area (Å²) >= 11 is 1.73. The maximum absolute atomic E-state index is 11.0. The maximum Gasteiger partial charge on any atom is 0.337 e. The number of nitrogen functional groups attached to an aromatic ring is 1. The van der Waals surface area contributed by atoms with Crippen LogP contribution in [0.15, 0.2) is 35.7 Å². The second-order valence-electron chi connectivity index (χ2n) is 4.33. The molecule has 19 heavy (non-hydrogen) atoms. The number of benzene rings is 1. The van der Waals surface area contributed by atoms with Gasteiger partial charge >= 0.3 is 5.97 Å². The number of carboxylic acid groups (broad SMARTS) is 1. The molecule has 100 valence electrons. The number of rotatable bonds is 5. The third-order valence-corrected chi connectivity index (χ3v) is 3.92. The topological polar surface area (TPSA) is 66.6 Å². The van der Waals surface area contributed by atoms with Crippen molar-refractivity contribution in [2.24, 2.45) is 0 Å². The Balaban J connectivity index is 2.08. The molecule has 0 radical (unpaired) electrons. The fraction of sp³-hybridized carbons (Fsp3) is 0.214. The highest BCUT2D eigenvalue weighted by molar-refractivity contribution is 7.09. The van der Waals surface area contributed by atoms with Crippen LogP contribution in [0.25, 0.3) is 0 Å². The van der Waals surface area contributed by atoms with Gasteiger partial charge in [-0.05, 0) is 36.1 Å². The van der Waals surface area contributed by atoms with Crippen LogP contribution in [0.3, 0.4) is 0 Å². The normalized spacial score (nSPS) is 10.4. The zero-order valence-corrected chi connectivity index (χ0v) is 11.5. The summed E-state index contributed by atoms with van der Waals surface area (Å²) in [6.07, 6.45) is 0.945. The Hall–Kier alpha value is -2.01. The van der Waals surface area contributed by atoms with Crippen molar-refractivity contribution in [1.29, 1.82) is 0 Å². The van der Waals surface area contributed by atoms with Gasteiger partial charge in [0.25, 0.3) is 0 Å². The van der Waals surface area contributed by atoms with Gasteiger partial charge in [0.15, 0.2) is 0 Å². The van der Waals surface area contributed by atoms with E-state index in [0.29, 0.717) is 5.69 Å². The zero-order chi connectivity index (χ0) is 13.8. The highest BCUT2D eigenvalue weighted by Gasteiger charge is 2.10. The van der Waals surface area contributed by atoms with Crippen molar-refractivity contribution in [3.8, 4) is 0 Å². The average Bonchev–Trinajstić information content (AvgIpc) is 2.89. The minimum Gasteiger partial charge on any atom is -0.478 e. The van der Waals surface area contributed by atoms with Crippen LogP contribution in [0.5, 0.6) is 0 Å². The SMILES string of the molecule is CN(CCc1cccs1)c1ccc(N)c(C(=O)O)c1. The lowest BCUT2D eigenvalue weighted by molar-refractivity contribution is 0.0698. The molecule has 0 fully saturated rings. The van der Waals surface area contributed by atoms with Crippen LogP contribution in [0.4, 0.5) is 11.4 Å². The summed E-state index contributed by atoms with van der Waals surface area (Å²) in [5.41, 5.74) is 6.96. The smallest absolute Gasteiger partial charge is 0.337 e. The number of likely N-dealkylation sites (N-methyl/N-ethyl adjacent to an activating group) is 1. The third kappa shape index (κ3) is 3.26. The van der Waals surface area contributed by atoms with Crippen molar-refractivity contribution in [2.45, 2.75) is 6.42 Å². The number of thiophene rings is 1. The molecule has 3 N–H and O–H groups in total. The average molecular weight is 276 g/mol. The Morgan fingerprint density at radius 1 is 1.42 bits per heavy atom. The van der Waals surface area contributed by atoms with Crippen molar-refractivity contribution < 1.29 is 9.90 Å². The second kappa shape index (κ2) is 5.75. The summed E-state index contributed by atoms with van der Waals surface area (Å²) in [6, 6.07) is 9.23. The summed E-state index contributed by atoms with van der Waals surface area (Å²) in [5.74, 6) is -0.994. The van der Waals surface area contributed by atoms with Gasteiger partial charge in [0.2, 0.25) is 0 Å². The van der Waals surface area contributed by atoms with E-state index in [1.54, 1.807) is 23.5 Å². The minimum absolute atomic E-state index is 0.153. The van der Waals surface area contributed by atoms with Crippen LogP contribution in [0.1, 0.15) is 15.2 Å². The van der Waals surface area contributed by atoms with E-state index in [1.807, 2.05) is 24.1 Å². The number of hydrogen-bond acceptors (Lipinski definition) is 4. The molecule has 1 heterocycles. The van der Waals surface area contributed by atoms with Gasteiger partial charge in [-0.2, -0.15) is 0 Å². The summed E-state index contributed by atoms with van der Waals surface area (Å²) in [7, 11) is 1.95. The van der Waals surface area contributed by atoms with Gasteiger partial charge in [0, 0.05) is 29.8 Å². The molecule has 0 saturated heterocycles. The van der Waals surface area contributed by atoms with Gasteiger partial charge in [-0.3, -0.25) is 0 Å². The largest absolute Gasteiger partial charge is 0.478 e. The van der Waals surface area contributed by atoms with Crippen LogP contribution in [0, 0.1) is 0 Å². The molecule has 0 unspecified atom stereocenters. The van der Waals surface area contributed by atoms with Crippen LogP contribution >= 0.6 is 11.3 Å². The van der Waals surface area contributed by atoms with E-state index in [2.05, 4.69) is 11.4 Å². The Labute approximate surface area is 116 Å². The lowest BCUT2D eigenvalue weighted by atomic mass is 10.1. The van der Waals surface area contributed by atoms with Crippen LogP contribution < -0.4 is 10.6 Å². The first-order chi connectivity index (χ1) is 9.08. The summed E-state index contributed by atoms with van der Waals surface area (Å²) in [5, 5.41) is 11.1. The first-order valence-corrected chi connectivity index (χ1v) is 6.82. The second-order valence-corrected chi connectivity index (χ2v) is 5.36. The molecule has 0 aliphatic carbocycles. The van der Waals surface area contributed by atoms with Gasteiger partial charge in [-0.15, -0.1) is 11.3 Å². The predicted octanol–water partition coefficient (Wildman–Crippen LogP) is 2.71.